The molecule has 0 amide bonds. The monoisotopic (exact) mass is 478 g/mol. The molecule has 1 unspecified atom stereocenters. The highest BCUT2D eigenvalue weighted by atomic mass is 32.3. The van der Waals surface area contributed by atoms with Crippen LogP contribution in [0.3, 0.4) is 0 Å². The van der Waals surface area contributed by atoms with Crippen LogP contribution in [0.4, 0.5) is 5.69 Å². The SMILES string of the molecule is CCN(c1ccccc1)S(=O)(=O)c1ccc(-n2[nH]c(C)c(C3CCS(O)(O)C3)c2=O)nc1. The van der Waals surface area contributed by atoms with Crippen molar-refractivity contribution in [2.45, 2.75) is 31.1 Å². The average molecular weight is 479 g/mol. The van der Waals surface area contributed by atoms with Crippen molar-refractivity contribution in [2.75, 3.05) is 22.4 Å². The van der Waals surface area contributed by atoms with Crippen LogP contribution in [0, 0.1) is 6.92 Å². The van der Waals surface area contributed by atoms with Gasteiger partial charge in [-0.15, -0.1) is 0 Å². The lowest BCUT2D eigenvalue weighted by atomic mass is 9.99. The molecule has 0 aliphatic carbocycles. The number of nitrogens with zero attached hydrogens (tertiary/aromatic N) is 3. The topological polar surface area (TPSA) is 129 Å². The first-order valence-corrected chi connectivity index (χ1v) is 13.6. The Balaban J connectivity index is 1.65. The molecule has 4 rings (SSSR count). The van der Waals surface area contributed by atoms with Crippen LogP contribution in [0.5, 0.6) is 0 Å². The average Bonchev–Trinajstić information content (AvgIpc) is 3.26. The molecule has 3 N–H and O–H groups in total. The predicted octanol–water partition coefficient (Wildman–Crippen LogP) is 3.32. The van der Waals surface area contributed by atoms with E-state index in [1.807, 2.05) is 6.07 Å². The summed E-state index contributed by atoms with van der Waals surface area (Å²) in [5.41, 5.74) is 1.40. The maximum absolute atomic E-state index is 13.1. The molecule has 0 bridgehead atoms. The summed E-state index contributed by atoms with van der Waals surface area (Å²) < 4.78 is 48.7. The van der Waals surface area contributed by atoms with Crippen LogP contribution in [-0.2, 0) is 10.0 Å². The van der Waals surface area contributed by atoms with Gasteiger partial charge in [0.2, 0.25) is 0 Å². The maximum atomic E-state index is 13.1. The van der Waals surface area contributed by atoms with E-state index in [9.17, 15) is 22.3 Å². The first kappa shape index (κ1) is 22.6. The molecule has 1 fully saturated rings. The Bertz CT molecular complexity index is 1270. The molecule has 3 aromatic rings. The van der Waals surface area contributed by atoms with Gasteiger partial charge in [-0.3, -0.25) is 23.3 Å². The van der Waals surface area contributed by atoms with Crippen LogP contribution in [0.2, 0.25) is 0 Å². The van der Waals surface area contributed by atoms with Crippen molar-refractivity contribution in [3.63, 3.8) is 0 Å². The number of benzene rings is 1. The Kier molecular flexibility index (Phi) is 5.93. The number of nitrogens with one attached hydrogen (secondary N) is 1. The molecule has 1 aliphatic heterocycles. The smallest absolute Gasteiger partial charge is 0.276 e. The molecule has 3 heterocycles. The highest BCUT2D eigenvalue weighted by Gasteiger charge is 2.33. The summed E-state index contributed by atoms with van der Waals surface area (Å²) in [6.45, 7) is 3.77. The fourth-order valence-electron chi connectivity index (χ4n) is 4.12. The zero-order chi connectivity index (χ0) is 23.1. The van der Waals surface area contributed by atoms with Crippen molar-refractivity contribution in [3.8, 4) is 5.82 Å². The molecule has 1 aromatic carbocycles. The molecule has 0 saturated carbocycles. The van der Waals surface area contributed by atoms with Gasteiger partial charge < -0.3 is 0 Å². The molecule has 0 spiro atoms. The Labute approximate surface area is 188 Å². The summed E-state index contributed by atoms with van der Waals surface area (Å²) in [7, 11) is -6.46. The molecule has 11 heteroatoms. The van der Waals surface area contributed by atoms with Crippen molar-refractivity contribution in [3.05, 3.63) is 70.3 Å². The number of sulfonamides is 1. The van der Waals surface area contributed by atoms with Gasteiger partial charge in [-0.2, -0.15) is 10.6 Å². The molecule has 172 valence electrons. The molecule has 32 heavy (non-hydrogen) atoms. The van der Waals surface area contributed by atoms with Crippen LogP contribution in [0.15, 0.2) is 58.4 Å². The van der Waals surface area contributed by atoms with Crippen molar-refractivity contribution in [1.29, 1.82) is 0 Å². The lowest BCUT2D eigenvalue weighted by molar-refractivity contribution is 0.494. The van der Waals surface area contributed by atoms with Crippen molar-refractivity contribution < 1.29 is 17.5 Å². The first-order chi connectivity index (χ1) is 15.1. The molecular weight excluding hydrogens is 452 g/mol. The Morgan fingerprint density at radius 3 is 2.50 bits per heavy atom. The van der Waals surface area contributed by atoms with Crippen molar-refractivity contribution in [1.82, 2.24) is 14.8 Å². The van der Waals surface area contributed by atoms with E-state index >= 15 is 0 Å². The van der Waals surface area contributed by atoms with Gasteiger partial charge in [0, 0.05) is 41.4 Å². The predicted molar refractivity (Wildman–Crippen MR) is 126 cm³/mol. The van der Waals surface area contributed by atoms with Crippen LogP contribution in [-0.4, -0.2) is 50.3 Å². The summed E-state index contributed by atoms with van der Waals surface area (Å²) in [5.74, 6) is 0.504. The number of hydrogen-bond acceptors (Lipinski definition) is 6. The molecule has 0 radical (unpaired) electrons. The van der Waals surface area contributed by atoms with E-state index in [2.05, 4.69) is 10.1 Å². The number of anilines is 1. The summed E-state index contributed by atoms with van der Waals surface area (Å²) in [6, 6.07) is 11.7. The second kappa shape index (κ2) is 8.39. The number of H-pyrrole nitrogens is 1. The quantitative estimate of drug-likeness (QED) is 0.499. The molecule has 1 saturated heterocycles. The molecular formula is C21H26N4O5S2. The van der Waals surface area contributed by atoms with Gasteiger partial charge in [-0.25, -0.2) is 18.1 Å². The van der Waals surface area contributed by atoms with Gasteiger partial charge in [-0.05, 0) is 44.5 Å². The number of pyridine rings is 1. The molecule has 2 aromatic heterocycles. The third kappa shape index (κ3) is 4.08. The highest BCUT2D eigenvalue weighted by Crippen LogP contribution is 2.51. The van der Waals surface area contributed by atoms with Crippen LogP contribution in [0.25, 0.3) is 5.82 Å². The van der Waals surface area contributed by atoms with Gasteiger partial charge >= 0.3 is 0 Å². The number of hydrogen-bond donors (Lipinski definition) is 3. The van der Waals surface area contributed by atoms with Gasteiger partial charge in [0.15, 0.2) is 5.82 Å². The van der Waals surface area contributed by atoms with Crippen LogP contribution < -0.4 is 9.86 Å². The number of para-hydroxylation sites is 1. The van der Waals surface area contributed by atoms with E-state index in [1.54, 1.807) is 38.1 Å². The lowest BCUT2D eigenvalue weighted by Crippen LogP contribution is -2.31. The highest BCUT2D eigenvalue weighted by molar-refractivity contribution is 8.24. The first-order valence-electron chi connectivity index (χ1n) is 10.2. The van der Waals surface area contributed by atoms with Gasteiger partial charge in [-0.1, -0.05) is 18.2 Å². The summed E-state index contributed by atoms with van der Waals surface area (Å²) in [6.07, 6.45) is 1.78. The van der Waals surface area contributed by atoms with Crippen molar-refractivity contribution >= 4 is 26.3 Å². The van der Waals surface area contributed by atoms with E-state index in [-0.39, 0.29) is 34.5 Å². The Hall–Kier alpha value is -2.60. The van der Waals surface area contributed by atoms with Gasteiger partial charge in [0.05, 0.1) is 5.69 Å². The second-order valence-corrected chi connectivity index (χ2v) is 12.0. The van der Waals surface area contributed by atoms with Gasteiger partial charge in [0.25, 0.3) is 15.6 Å². The summed E-state index contributed by atoms with van der Waals surface area (Å²) >= 11 is 0. The van der Waals surface area contributed by atoms with Gasteiger partial charge in [0.1, 0.15) is 4.90 Å². The largest absolute Gasteiger partial charge is 0.299 e. The van der Waals surface area contributed by atoms with E-state index in [4.69, 9.17) is 0 Å². The van der Waals surface area contributed by atoms with Crippen LogP contribution in [0.1, 0.15) is 30.5 Å². The number of aromatic amines is 1. The van der Waals surface area contributed by atoms with E-state index < -0.39 is 20.6 Å². The minimum atomic E-state index is -3.82. The standard InChI is InChI=1S/C21H26N4O5S2/c1-3-24(17-7-5-4-6-8-17)32(29,30)18-9-10-19(22-13-18)25-21(26)20(15(2)23-25)16-11-12-31(27,28)14-16/h4-10,13,16,23,27-28H,3,11-12,14H2,1-2H3. The minimum Gasteiger partial charge on any atom is -0.299 e. The maximum Gasteiger partial charge on any atom is 0.276 e. The number of aromatic nitrogens is 3. The normalized spacial score (nSPS) is 19.1. The summed E-state index contributed by atoms with van der Waals surface area (Å²) in [5, 5.41) is 2.98. The third-order valence-corrected chi connectivity index (χ3v) is 9.37. The zero-order valence-electron chi connectivity index (χ0n) is 17.8. The third-order valence-electron chi connectivity index (χ3n) is 5.66. The number of aryl methyl sites for hydroxylation is 1. The van der Waals surface area contributed by atoms with E-state index in [1.165, 1.54) is 27.3 Å². The second-order valence-electron chi connectivity index (χ2n) is 7.81. The summed E-state index contributed by atoms with van der Waals surface area (Å²) in [4.78, 5) is 17.3. The molecule has 1 aliphatic rings. The fourth-order valence-corrected chi connectivity index (χ4v) is 7.35. The minimum absolute atomic E-state index is 0.0215. The fraction of sp³-hybridized carbons (Fsp3) is 0.333. The number of rotatable bonds is 6. The lowest BCUT2D eigenvalue weighted by Gasteiger charge is -2.25. The van der Waals surface area contributed by atoms with E-state index in [0.717, 1.165) is 0 Å². The Morgan fingerprint density at radius 1 is 1.22 bits per heavy atom. The van der Waals surface area contributed by atoms with Crippen molar-refractivity contribution in [2.24, 2.45) is 0 Å². The zero-order valence-corrected chi connectivity index (χ0v) is 19.4. The molecule has 9 nitrogen and oxygen atoms in total. The Morgan fingerprint density at radius 2 is 1.94 bits per heavy atom. The molecule has 1 atom stereocenters. The van der Waals surface area contributed by atoms with E-state index in [0.29, 0.717) is 29.1 Å². The van der Waals surface area contributed by atoms with Crippen LogP contribution >= 0.6 is 10.6 Å².